The molecule has 0 aliphatic heterocycles. The lowest BCUT2D eigenvalue weighted by atomic mass is 10.2. The Labute approximate surface area is 129 Å². The fourth-order valence-electron chi connectivity index (χ4n) is 2.83. The van der Waals surface area contributed by atoms with Crippen molar-refractivity contribution in [2.75, 3.05) is 5.75 Å². The maximum Gasteiger partial charge on any atom is 0.185 e. The first-order valence-corrected chi connectivity index (χ1v) is 8.35. The monoisotopic (exact) mass is 297 g/mol. The minimum atomic E-state index is 0.215. The molecule has 0 aliphatic carbocycles. The van der Waals surface area contributed by atoms with Crippen molar-refractivity contribution in [3.63, 3.8) is 0 Å². The highest BCUT2D eigenvalue weighted by Crippen LogP contribution is 2.29. The van der Waals surface area contributed by atoms with Crippen molar-refractivity contribution in [2.24, 2.45) is 0 Å². The normalized spacial score (nSPS) is 11.3. The number of hydrogen-bond acceptors (Lipinski definition) is 2. The summed E-state index contributed by atoms with van der Waals surface area (Å²) in [6, 6.07) is 17.2. The summed E-state index contributed by atoms with van der Waals surface area (Å²) < 4.78 is 2.41. The van der Waals surface area contributed by atoms with Crippen LogP contribution in [0.15, 0.2) is 48.5 Å². The SMILES string of the molecule is CC(=O)SCCCCn1c2ccccc2c2ccccc21. The van der Waals surface area contributed by atoms with Gasteiger partial charge in [-0.2, -0.15) is 0 Å². The van der Waals surface area contributed by atoms with Crippen LogP contribution in [0.2, 0.25) is 0 Å². The van der Waals surface area contributed by atoms with Gasteiger partial charge in [-0.25, -0.2) is 0 Å². The van der Waals surface area contributed by atoms with Crippen LogP contribution in [-0.2, 0) is 11.3 Å². The molecule has 0 N–H and O–H groups in total. The van der Waals surface area contributed by atoms with E-state index in [0.717, 1.165) is 25.1 Å². The summed E-state index contributed by atoms with van der Waals surface area (Å²) in [4.78, 5) is 10.9. The zero-order valence-corrected chi connectivity index (χ0v) is 13.0. The van der Waals surface area contributed by atoms with E-state index in [0.29, 0.717) is 0 Å². The quantitative estimate of drug-likeness (QED) is 0.628. The Kier molecular flexibility index (Phi) is 4.30. The summed E-state index contributed by atoms with van der Waals surface area (Å²) in [7, 11) is 0. The van der Waals surface area contributed by atoms with Gasteiger partial charge in [0.15, 0.2) is 5.12 Å². The number of unbranched alkanes of at least 4 members (excludes halogenated alkanes) is 1. The minimum absolute atomic E-state index is 0.215. The first-order chi connectivity index (χ1) is 10.3. The van der Waals surface area contributed by atoms with Crippen molar-refractivity contribution < 1.29 is 4.79 Å². The van der Waals surface area contributed by atoms with Crippen LogP contribution in [0.1, 0.15) is 19.8 Å². The predicted molar refractivity (Wildman–Crippen MR) is 91.8 cm³/mol. The average molecular weight is 297 g/mol. The Bertz CT molecular complexity index is 722. The fourth-order valence-corrected chi connectivity index (χ4v) is 3.47. The lowest BCUT2D eigenvalue weighted by Crippen LogP contribution is -1.98. The number of aromatic nitrogens is 1. The molecule has 3 aromatic rings. The smallest absolute Gasteiger partial charge is 0.185 e. The van der Waals surface area contributed by atoms with Gasteiger partial charge in [-0.15, -0.1) is 0 Å². The lowest BCUT2D eigenvalue weighted by molar-refractivity contribution is -0.109. The van der Waals surface area contributed by atoms with Crippen LogP contribution in [0, 0.1) is 0 Å². The Morgan fingerprint density at radius 1 is 0.952 bits per heavy atom. The maximum atomic E-state index is 10.9. The molecule has 0 saturated carbocycles. The first-order valence-electron chi connectivity index (χ1n) is 7.37. The van der Waals surface area contributed by atoms with Crippen molar-refractivity contribution in [1.82, 2.24) is 4.57 Å². The van der Waals surface area contributed by atoms with Crippen molar-refractivity contribution in [3.05, 3.63) is 48.5 Å². The van der Waals surface area contributed by atoms with Crippen molar-refractivity contribution in [3.8, 4) is 0 Å². The number of hydrogen-bond donors (Lipinski definition) is 0. The number of para-hydroxylation sites is 2. The summed E-state index contributed by atoms with van der Waals surface area (Å²) in [5.41, 5.74) is 2.61. The van der Waals surface area contributed by atoms with Crippen LogP contribution in [0.3, 0.4) is 0 Å². The second kappa shape index (κ2) is 6.35. The van der Waals surface area contributed by atoms with Crippen LogP contribution in [0.5, 0.6) is 0 Å². The fraction of sp³-hybridized carbons (Fsp3) is 0.278. The van der Waals surface area contributed by atoms with E-state index in [2.05, 4.69) is 53.1 Å². The van der Waals surface area contributed by atoms with Gasteiger partial charge in [-0.3, -0.25) is 4.79 Å². The van der Waals surface area contributed by atoms with Gasteiger partial charge in [-0.05, 0) is 25.0 Å². The van der Waals surface area contributed by atoms with E-state index in [-0.39, 0.29) is 5.12 Å². The molecule has 2 aromatic carbocycles. The molecule has 0 saturated heterocycles. The van der Waals surface area contributed by atoms with E-state index in [4.69, 9.17) is 0 Å². The summed E-state index contributed by atoms with van der Waals surface area (Å²) in [6.45, 7) is 2.64. The molecule has 108 valence electrons. The third-order valence-corrected chi connectivity index (χ3v) is 4.66. The number of rotatable bonds is 5. The molecule has 21 heavy (non-hydrogen) atoms. The summed E-state index contributed by atoms with van der Waals surface area (Å²) in [6.07, 6.45) is 2.17. The number of aryl methyl sites for hydroxylation is 1. The third kappa shape index (κ3) is 2.98. The second-order valence-corrected chi connectivity index (χ2v) is 6.50. The van der Waals surface area contributed by atoms with E-state index in [1.54, 1.807) is 6.92 Å². The molecule has 0 amide bonds. The van der Waals surface area contributed by atoms with Gasteiger partial charge in [0.05, 0.1) is 0 Å². The van der Waals surface area contributed by atoms with E-state index in [1.807, 2.05) is 0 Å². The maximum absolute atomic E-state index is 10.9. The standard InChI is InChI=1S/C18H19NOS/c1-14(20)21-13-7-6-12-19-17-10-4-2-8-15(17)16-9-3-5-11-18(16)19/h2-5,8-11H,6-7,12-13H2,1H3. The highest BCUT2D eigenvalue weighted by Gasteiger charge is 2.08. The van der Waals surface area contributed by atoms with Gasteiger partial charge in [0.1, 0.15) is 0 Å². The number of nitrogens with zero attached hydrogens (tertiary/aromatic N) is 1. The van der Waals surface area contributed by atoms with Gasteiger partial charge in [0, 0.05) is 41.0 Å². The Morgan fingerprint density at radius 2 is 1.52 bits per heavy atom. The van der Waals surface area contributed by atoms with Crippen molar-refractivity contribution >= 4 is 38.7 Å². The number of benzene rings is 2. The predicted octanol–water partition coefficient (Wildman–Crippen LogP) is 4.85. The Balaban J connectivity index is 1.84. The molecule has 0 bridgehead atoms. The summed E-state index contributed by atoms with van der Waals surface area (Å²) in [5, 5.41) is 2.87. The lowest BCUT2D eigenvalue weighted by Gasteiger charge is -2.07. The molecular formula is C18H19NOS. The molecule has 1 aromatic heterocycles. The minimum Gasteiger partial charge on any atom is -0.340 e. The van der Waals surface area contributed by atoms with E-state index >= 15 is 0 Å². The molecule has 3 rings (SSSR count). The molecule has 1 heterocycles. The zero-order valence-electron chi connectivity index (χ0n) is 12.2. The van der Waals surface area contributed by atoms with E-state index in [1.165, 1.54) is 33.6 Å². The first kappa shape index (κ1) is 14.2. The molecule has 0 spiro atoms. The molecule has 2 nitrogen and oxygen atoms in total. The van der Waals surface area contributed by atoms with Gasteiger partial charge < -0.3 is 4.57 Å². The van der Waals surface area contributed by atoms with Gasteiger partial charge >= 0.3 is 0 Å². The third-order valence-electron chi connectivity index (χ3n) is 3.76. The average Bonchev–Trinajstić information content (AvgIpc) is 2.81. The molecule has 0 atom stereocenters. The number of carbonyl (C=O) groups is 1. The van der Waals surface area contributed by atoms with Gasteiger partial charge in [0.25, 0.3) is 0 Å². The van der Waals surface area contributed by atoms with Gasteiger partial charge in [-0.1, -0.05) is 48.2 Å². The molecule has 0 radical (unpaired) electrons. The van der Waals surface area contributed by atoms with Crippen LogP contribution in [-0.4, -0.2) is 15.4 Å². The van der Waals surface area contributed by atoms with Gasteiger partial charge in [0.2, 0.25) is 0 Å². The van der Waals surface area contributed by atoms with Crippen LogP contribution in [0.4, 0.5) is 0 Å². The highest BCUT2D eigenvalue weighted by atomic mass is 32.2. The van der Waals surface area contributed by atoms with Crippen LogP contribution < -0.4 is 0 Å². The topological polar surface area (TPSA) is 22.0 Å². The number of fused-ring (bicyclic) bond motifs is 3. The molecule has 0 aliphatic rings. The summed E-state index contributed by atoms with van der Waals surface area (Å²) in [5.74, 6) is 0.923. The summed E-state index contributed by atoms with van der Waals surface area (Å²) >= 11 is 1.43. The molecule has 0 unspecified atom stereocenters. The van der Waals surface area contributed by atoms with Crippen LogP contribution >= 0.6 is 11.8 Å². The molecule has 0 fully saturated rings. The second-order valence-electron chi connectivity index (χ2n) is 5.23. The van der Waals surface area contributed by atoms with Crippen LogP contribution in [0.25, 0.3) is 21.8 Å². The van der Waals surface area contributed by atoms with E-state index in [9.17, 15) is 4.79 Å². The zero-order chi connectivity index (χ0) is 14.7. The molecular weight excluding hydrogens is 278 g/mol. The Hall–Kier alpha value is -1.74. The highest BCUT2D eigenvalue weighted by molar-refractivity contribution is 8.13. The largest absolute Gasteiger partial charge is 0.340 e. The number of thioether (sulfide) groups is 1. The number of carbonyl (C=O) groups excluding carboxylic acids is 1. The Morgan fingerprint density at radius 3 is 2.10 bits per heavy atom. The van der Waals surface area contributed by atoms with E-state index < -0.39 is 0 Å². The molecule has 3 heteroatoms. The van der Waals surface area contributed by atoms with Crippen molar-refractivity contribution in [2.45, 2.75) is 26.3 Å². The van der Waals surface area contributed by atoms with Crippen molar-refractivity contribution in [1.29, 1.82) is 0 Å².